The van der Waals surface area contributed by atoms with Gasteiger partial charge in [0.05, 0.1) is 12.8 Å². The molecular weight excluding hydrogens is 518 g/mol. The first-order valence-electron chi connectivity index (χ1n) is 11.7. The van der Waals surface area contributed by atoms with E-state index in [0.717, 1.165) is 18.8 Å². The maximum absolute atomic E-state index is 13.7. The molecule has 3 aromatic rings. The van der Waals surface area contributed by atoms with E-state index in [1.54, 1.807) is 12.1 Å². The predicted molar refractivity (Wildman–Crippen MR) is 144 cm³/mol. The average molecular weight is 548 g/mol. The monoisotopic (exact) mass is 547 g/mol. The van der Waals surface area contributed by atoms with E-state index >= 15 is 0 Å². The molecule has 0 radical (unpaired) electrons. The van der Waals surface area contributed by atoms with Gasteiger partial charge in [0.2, 0.25) is 5.95 Å². The topological polar surface area (TPSA) is 94.6 Å². The first kappa shape index (κ1) is 29.2. The lowest BCUT2D eigenvalue weighted by atomic mass is 10.2. The molecule has 0 saturated heterocycles. The number of aromatic nitrogens is 2. The second-order valence-electron chi connectivity index (χ2n) is 8.75. The highest BCUT2D eigenvalue weighted by Crippen LogP contribution is 2.37. The van der Waals surface area contributed by atoms with Crippen LogP contribution >= 0.6 is 0 Å². The van der Waals surface area contributed by atoms with E-state index in [4.69, 9.17) is 4.74 Å². The average Bonchev–Trinajstić information content (AvgIpc) is 2.87. The van der Waals surface area contributed by atoms with E-state index in [-0.39, 0.29) is 17.3 Å². The highest BCUT2D eigenvalue weighted by atomic mass is 19.4. The summed E-state index contributed by atoms with van der Waals surface area (Å²) in [6.45, 7) is 4.52. The molecule has 39 heavy (non-hydrogen) atoms. The summed E-state index contributed by atoms with van der Waals surface area (Å²) >= 11 is 0. The Balaban J connectivity index is 1.88. The summed E-state index contributed by atoms with van der Waals surface area (Å²) in [6.07, 6.45) is -4.10. The Bertz CT molecular complexity index is 1330. The van der Waals surface area contributed by atoms with Gasteiger partial charge >= 0.3 is 6.18 Å². The summed E-state index contributed by atoms with van der Waals surface area (Å²) in [5, 5.41) is 7.76. The number of hydrogen-bond donors (Lipinski definition) is 3. The number of carbonyl (C=O) groups excluding carboxylic acids is 1. The van der Waals surface area contributed by atoms with E-state index in [0.29, 0.717) is 17.6 Å². The van der Waals surface area contributed by atoms with E-state index in [1.807, 2.05) is 32.1 Å². The quantitative estimate of drug-likeness (QED) is 0.217. The van der Waals surface area contributed by atoms with Crippen molar-refractivity contribution < 1.29 is 27.1 Å². The number of likely N-dealkylation sites (N-methyl/N-ethyl adjacent to an activating group) is 2. The van der Waals surface area contributed by atoms with Gasteiger partial charge in [0, 0.05) is 49.5 Å². The number of halogens is 4. The van der Waals surface area contributed by atoms with Crippen molar-refractivity contribution in [3.8, 4) is 5.75 Å². The molecule has 208 valence electrons. The number of benzene rings is 2. The zero-order valence-corrected chi connectivity index (χ0v) is 21.9. The number of carbonyl (C=O) groups is 1. The Morgan fingerprint density at radius 1 is 1.05 bits per heavy atom. The lowest BCUT2D eigenvalue weighted by molar-refractivity contribution is -0.137. The van der Waals surface area contributed by atoms with Crippen molar-refractivity contribution in [2.24, 2.45) is 0 Å². The molecule has 13 heteroatoms. The highest BCUT2D eigenvalue weighted by molar-refractivity contribution is 6.01. The van der Waals surface area contributed by atoms with Crippen molar-refractivity contribution in [1.29, 1.82) is 0 Å². The highest BCUT2D eigenvalue weighted by Gasteiger charge is 2.35. The van der Waals surface area contributed by atoms with Gasteiger partial charge in [-0.1, -0.05) is 12.6 Å². The minimum Gasteiger partial charge on any atom is -0.494 e. The molecule has 1 heterocycles. The molecule has 9 nitrogen and oxygen atoms in total. The molecule has 0 fully saturated rings. The second kappa shape index (κ2) is 12.4. The summed E-state index contributed by atoms with van der Waals surface area (Å²) in [6, 6.07) is 11.1. The standard InChI is InChI=1S/C26H29F4N7O2/c1-16(27)24(38)33-18-8-6-7-17(13-18)32-23-20(26(28,29)30)15-31-25(35-23)34-21-10-9-19(14-22(21)39-5)37(4)12-11-36(2)3/h6-10,13-15H,1,11-12H2,2-5H3,(H,33,38)(H2,31,32,34,35). The molecule has 2 aromatic carbocycles. The number of nitrogens with one attached hydrogen (secondary N) is 3. The molecule has 0 aliphatic carbocycles. The number of nitrogens with zero attached hydrogens (tertiary/aromatic N) is 4. The molecule has 0 aliphatic heterocycles. The number of anilines is 6. The van der Waals surface area contributed by atoms with E-state index in [9.17, 15) is 22.4 Å². The van der Waals surface area contributed by atoms with Crippen molar-refractivity contribution in [2.45, 2.75) is 6.18 Å². The third kappa shape index (κ3) is 8.04. The molecule has 1 amide bonds. The summed E-state index contributed by atoms with van der Waals surface area (Å²) in [5.41, 5.74) is 0.534. The van der Waals surface area contributed by atoms with Crippen LogP contribution in [-0.4, -0.2) is 62.1 Å². The number of alkyl halides is 3. The Hall–Kier alpha value is -4.39. The zero-order valence-electron chi connectivity index (χ0n) is 21.9. The molecular formula is C26H29F4N7O2. The fourth-order valence-corrected chi connectivity index (χ4v) is 3.38. The first-order chi connectivity index (χ1) is 18.4. The largest absolute Gasteiger partial charge is 0.494 e. The molecule has 0 bridgehead atoms. The molecule has 1 aromatic heterocycles. The normalized spacial score (nSPS) is 11.2. The van der Waals surface area contributed by atoms with Crippen molar-refractivity contribution in [2.75, 3.05) is 62.2 Å². The van der Waals surface area contributed by atoms with Gasteiger partial charge in [-0.15, -0.1) is 0 Å². The van der Waals surface area contributed by atoms with Crippen LogP contribution in [-0.2, 0) is 11.0 Å². The third-order valence-corrected chi connectivity index (χ3v) is 5.48. The molecule has 0 unspecified atom stereocenters. The SMILES string of the molecule is C=C(F)C(=O)Nc1cccc(Nc2nc(Nc3ccc(N(C)CCN(C)C)cc3OC)ncc2C(F)(F)F)c1. The first-order valence-corrected chi connectivity index (χ1v) is 11.7. The van der Waals surface area contributed by atoms with Gasteiger partial charge in [-0.05, 0) is 44.4 Å². The number of rotatable bonds is 11. The molecule has 0 aliphatic rings. The van der Waals surface area contributed by atoms with Gasteiger partial charge < -0.3 is 30.5 Å². The van der Waals surface area contributed by atoms with E-state index in [1.165, 1.54) is 31.4 Å². The van der Waals surface area contributed by atoms with E-state index in [2.05, 4.69) is 37.4 Å². The number of methoxy groups -OCH3 is 1. The number of hydrogen-bond acceptors (Lipinski definition) is 8. The van der Waals surface area contributed by atoms with Gasteiger partial charge in [-0.25, -0.2) is 9.37 Å². The lowest BCUT2D eigenvalue weighted by Crippen LogP contribution is -2.28. The molecule has 3 rings (SSSR count). The van der Waals surface area contributed by atoms with Gasteiger partial charge in [-0.3, -0.25) is 4.79 Å². The van der Waals surface area contributed by atoms with Crippen molar-refractivity contribution in [1.82, 2.24) is 14.9 Å². The van der Waals surface area contributed by atoms with Crippen LogP contribution < -0.4 is 25.6 Å². The van der Waals surface area contributed by atoms with Crippen LogP contribution in [0.25, 0.3) is 0 Å². The molecule has 3 N–H and O–H groups in total. The van der Waals surface area contributed by atoms with Crippen molar-refractivity contribution in [3.05, 3.63) is 66.6 Å². The minimum absolute atomic E-state index is 0.115. The molecule has 0 spiro atoms. The predicted octanol–water partition coefficient (Wildman–Crippen LogP) is 5.41. The maximum Gasteiger partial charge on any atom is 0.421 e. The Kier molecular flexibility index (Phi) is 9.30. The van der Waals surface area contributed by atoms with E-state index < -0.39 is 29.3 Å². The number of ether oxygens (including phenoxy) is 1. The van der Waals surface area contributed by atoms with Gasteiger partial charge in [-0.2, -0.15) is 18.2 Å². The van der Waals surface area contributed by atoms with Crippen LogP contribution in [0.1, 0.15) is 5.56 Å². The van der Waals surface area contributed by atoms with Crippen molar-refractivity contribution in [3.63, 3.8) is 0 Å². The van der Waals surface area contributed by atoms with Crippen LogP contribution in [0.3, 0.4) is 0 Å². The zero-order chi connectivity index (χ0) is 28.7. The second-order valence-corrected chi connectivity index (χ2v) is 8.75. The molecule has 0 atom stereocenters. The fourth-order valence-electron chi connectivity index (χ4n) is 3.38. The van der Waals surface area contributed by atoms with Gasteiger partial charge in [0.25, 0.3) is 5.91 Å². The summed E-state index contributed by atoms with van der Waals surface area (Å²) < 4.78 is 59.7. The summed E-state index contributed by atoms with van der Waals surface area (Å²) in [4.78, 5) is 23.5. The lowest BCUT2D eigenvalue weighted by Gasteiger charge is -2.23. The third-order valence-electron chi connectivity index (χ3n) is 5.48. The molecule has 0 saturated carbocycles. The van der Waals surface area contributed by atoms with Crippen LogP contribution in [0.5, 0.6) is 5.75 Å². The van der Waals surface area contributed by atoms with Crippen LogP contribution in [0, 0.1) is 0 Å². The fraction of sp³-hybridized carbons (Fsp3) is 0.269. The number of amides is 1. The van der Waals surface area contributed by atoms with Crippen LogP contribution in [0.4, 0.5) is 52.1 Å². The van der Waals surface area contributed by atoms with Gasteiger partial charge in [0.15, 0.2) is 5.83 Å². The Morgan fingerprint density at radius 3 is 2.41 bits per heavy atom. The smallest absolute Gasteiger partial charge is 0.421 e. The minimum atomic E-state index is -4.75. The van der Waals surface area contributed by atoms with Gasteiger partial charge in [0.1, 0.15) is 17.1 Å². The van der Waals surface area contributed by atoms with Crippen LogP contribution in [0.2, 0.25) is 0 Å². The maximum atomic E-state index is 13.7. The van der Waals surface area contributed by atoms with Crippen LogP contribution in [0.15, 0.2) is 61.1 Å². The summed E-state index contributed by atoms with van der Waals surface area (Å²) in [7, 11) is 7.38. The Labute approximate surface area is 223 Å². The van der Waals surface area contributed by atoms with Crippen molar-refractivity contribution >= 4 is 40.4 Å². The summed E-state index contributed by atoms with van der Waals surface area (Å²) in [5.74, 6) is -2.48. The Morgan fingerprint density at radius 2 is 1.77 bits per heavy atom.